The Labute approximate surface area is 340 Å². The molecule has 0 saturated carbocycles. The van der Waals surface area contributed by atoms with Gasteiger partial charge in [-0.2, -0.15) is 0 Å². The van der Waals surface area contributed by atoms with E-state index < -0.39 is 0 Å². The Morgan fingerprint density at radius 2 is 0.807 bits per heavy atom. The third-order valence-electron chi connectivity index (χ3n) is 11.1. The van der Waals surface area contributed by atoms with Crippen LogP contribution in [0, 0.1) is 0 Å². The Hall–Kier alpha value is -6.78. The van der Waals surface area contributed by atoms with Crippen LogP contribution < -0.4 is 4.90 Å². The molecule has 0 amide bonds. The van der Waals surface area contributed by atoms with E-state index in [4.69, 9.17) is 0 Å². The van der Waals surface area contributed by atoms with Crippen LogP contribution in [-0.4, -0.2) is 0 Å². The van der Waals surface area contributed by atoms with Gasteiger partial charge in [0.05, 0.1) is 0 Å². The normalized spacial score (nSPS) is 11.5. The molecule has 268 valence electrons. The molecule has 2 heterocycles. The summed E-state index contributed by atoms with van der Waals surface area (Å²) in [5.74, 6) is 0. The van der Waals surface area contributed by atoms with Crippen molar-refractivity contribution in [2.24, 2.45) is 0 Å². The van der Waals surface area contributed by atoms with Gasteiger partial charge in [-0.05, 0) is 116 Å². The molecule has 0 aliphatic rings. The van der Waals surface area contributed by atoms with Crippen molar-refractivity contribution in [3.63, 3.8) is 0 Å². The van der Waals surface area contributed by atoms with E-state index in [1.54, 1.807) is 0 Å². The number of anilines is 3. The van der Waals surface area contributed by atoms with Crippen LogP contribution in [-0.2, 0) is 0 Å². The molecule has 0 aliphatic heterocycles. The lowest BCUT2D eigenvalue weighted by Gasteiger charge is -2.26. The molecule has 57 heavy (non-hydrogen) atoms. The molecule has 0 atom stereocenters. The van der Waals surface area contributed by atoms with E-state index in [1.807, 2.05) is 22.7 Å². The summed E-state index contributed by atoms with van der Waals surface area (Å²) >= 11 is 3.72. The average Bonchev–Trinajstić information content (AvgIpc) is 3.90. The Morgan fingerprint density at radius 3 is 1.49 bits per heavy atom. The SMILES string of the molecule is c1ccc2cc(-c3ccc(N(c4ccc(-c5ccc(-c6cccc7c6sc6ccccc67)cc5)cc4)c4ccc(-c5cc6ccccc6s5)cc4)cc3)ccc2c1. The minimum atomic E-state index is 1.11. The summed E-state index contributed by atoms with van der Waals surface area (Å²) < 4.78 is 3.99. The van der Waals surface area contributed by atoms with Gasteiger partial charge in [0.2, 0.25) is 0 Å². The van der Waals surface area contributed by atoms with Crippen molar-refractivity contribution < 1.29 is 0 Å². The molecular formula is C54H35NS2. The molecule has 2 aromatic heterocycles. The molecule has 0 saturated heterocycles. The number of benzene rings is 9. The van der Waals surface area contributed by atoms with Gasteiger partial charge in [0, 0.05) is 46.8 Å². The highest BCUT2D eigenvalue weighted by atomic mass is 32.1. The molecule has 0 aliphatic carbocycles. The Morgan fingerprint density at radius 1 is 0.298 bits per heavy atom. The summed E-state index contributed by atoms with van der Waals surface area (Å²) in [7, 11) is 0. The summed E-state index contributed by atoms with van der Waals surface area (Å²) in [5.41, 5.74) is 11.9. The van der Waals surface area contributed by atoms with Crippen molar-refractivity contribution in [2.75, 3.05) is 4.90 Å². The van der Waals surface area contributed by atoms with Gasteiger partial charge in [0.25, 0.3) is 0 Å². The summed E-state index contributed by atoms with van der Waals surface area (Å²) in [6, 6.07) is 77.6. The Balaban J connectivity index is 0.926. The van der Waals surface area contributed by atoms with Crippen LogP contribution >= 0.6 is 22.7 Å². The van der Waals surface area contributed by atoms with Crippen molar-refractivity contribution in [3.05, 3.63) is 212 Å². The maximum Gasteiger partial charge on any atom is 0.0462 e. The topological polar surface area (TPSA) is 3.24 Å². The molecule has 3 heteroatoms. The van der Waals surface area contributed by atoms with E-state index in [2.05, 4.69) is 217 Å². The quantitative estimate of drug-likeness (QED) is 0.156. The van der Waals surface area contributed by atoms with Crippen molar-refractivity contribution in [2.45, 2.75) is 0 Å². The predicted molar refractivity (Wildman–Crippen MR) is 249 cm³/mol. The molecule has 11 rings (SSSR count). The third-order valence-corrected chi connectivity index (χ3v) is 13.5. The monoisotopic (exact) mass is 761 g/mol. The van der Waals surface area contributed by atoms with E-state index in [1.165, 1.54) is 84.9 Å². The van der Waals surface area contributed by atoms with E-state index in [9.17, 15) is 0 Å². The minimum Gasteiger partial charge on any atom is -0.311 e. The van der Waals surface area contributed by atoms with Gasteiger partial charge < -0.3 is 4.90 Å². The first kappa shape index (κ1) is 33.5. The molecule has 0 bridgehead atoms. The van der Waals surface area contributed by atoms with Gasteiger partial charge >= 0.3 is 0 Å². The highest BCUT2D eigenvalue weighted by molar-refractivity contribution is 7.26. The molecule has 11 aromatic rings. The van der Waals surface area contributed by atoms with Crippen LogP contribution in [0.5, 0.6) is 0 Å². The lowest BCUT2D eigenvalue weighted by molar-refractivity contribution is 1.28. The largest absolute Gasteiger partial charge is 0.311 e. The molecule has 0 spiro atoms. The predicted octanol–water partition coefficient (Wildman–Crippen LogP) is 16.6. The molecule has 9 aromatic carbocycles. The number of rotatable bonds is 7. The summed E-state index contributed by atoms with van der Waals surface area (Å²) in [4.78, 5) is 3.64. The molecule has 0 N–H and O–H groups in total. The summed E-state index contributed by atoms with van der Waals surface area (Å²) in [5, 5.41) is 6.46. The standard InChI is InChI=1S/C54H35NS2/c1-2-9-42-34-43(21-18-36(42)8-1)39-24-30-46(31-25-39)55(47-32-26-41(27-33-47)53-35-44-10-3-5-14-51(44)56-53)45-28-22-38(23-29-45)37-16-19-40(20-17-37)48-12-7-13-50-49-11-4-6-15-52(49)57-54(48)50/h1-35H. The zero-order valence-electron chi connectivity index (χ0n) is 31.0. The third kappa shape index (κ3) is 6.18. The first-order chi connectivity index (χ1) is 28.2. The molecule has 0 radical (unpaired) electrons. The second-order valence-corrected chi connectivity index (χ2v) is 16.7. The molecule has 0 unspecified atom stereocenters. The smallest absolute Gasteiger partial charge is 0.0462 e. The van der Waals surface area contributed by atoms with Crippen molar-refractivity contribution >= 4 is 80.8 Å². The second-order valence-electron chi connectivity index (χ2n) is 14.5. The van der Waals surface area contributed by atoms with E-state index in [0.29, 0.717) is 0 Å². The van der Waals surface area contributed by atoms with E-state index in [-0.39, 0.29) is 0 Å². The minimum absolute atomic E-state index is 1.11. The first-order valence-electron chi connectivity index (χ1n) is 19.3. The van der Waals surface area contributed by atoms with Crippen LogP contribution in [0.2, 0.25) is 0 Å². The fourth-order valence-electron chi connectivity index (χ4n) is 8.14. The number of hydrogen-bond acceptors (Lipinski definition) is 3. The molecule has 0 fully saturated rings. The molecular weight excluding hydrogens is 727 g/mol. The van der Waals surface area contributed by atoms with Crippen LogP contribution in [0.1, 0.15) is 0 Å². The Kier molecular flexibility index (Phi) is 8.28. The highest BCUT2D eigenvalue weighted by Crippen LogP contribution is 2.42. The van der Waals surface area contributed by atoms with Gasteiger partial charge in [-0.3, -0.25) is 0 Å². The zero-order chi connectivity index (χ0) is 37.7. The second kappa shape index (κ2) is 14.1. The summed E-state index contributed by atoms with van der Waals surface area (Å²) in [6.07, 6.45) is 0. The van der Waals surface area contributed by atoms with Crippen LogP contribution in [0.15, 0.2) is 212 Å². The number of thiophene rings is 2. The number of hydrogen-bond donors (Lipinski definition) is 0. The van der Waals surface area contributed by atoms with Crippen LogP contribution in [0.3, 0.4) is 0 Å². The zero-order valence-corrected chi connectivity index (χ0v) is 32.6. The maximum absolute atomic E-state index is 2.36. The van der Waals surface area contributed by atoms with Crippen LogP contribution in [0.4, 0.5) is 17.1 Å². The molecule has 1 nitrogen and oxygen atoms in total. The van der Waals surface area contributed by atoms with Crippen molar-refractivity contribution in [1.82, 2.24) is 0 Å². The summed E-state index contributed by atoms with van der Waals surface area (Å²) in [6.45, 7) is 0. The first-order valence-corrected chi connectivity index (χ1v) is 20.9. The average molecular weight is 762 g/mol. The highest BCUT2D eigenvalue weighted by Gasteiger charge is 2.15. The van der Waals surface area contributed by atoms with Gasteiger partial charge in [-0.1, -0.05) is 152 Å². The fraction of sp³-hybridized carbons (Fsp3) is 0. The van der Waals surface area contributed by atoms with Gasteiger partial charge in [-0.25, -0.2) is 0 Å². The van der Waals surface area contributed by atoms with Crippen molar-refractivity contribution in [1.29, 1.82) is 0 Å². The van der Waals surface area contributed by atoms with Crippen molar-refractivity contribution in [3.8, 4) is 43.8 Å². The lowest BCUT2D eigenvalue weighted by Crippen LogP contribution is -2.09. The van der Waals surface area contributed by atoms with Gasteiger partial charge in [0.15, 0.2) is 0 Å². The fourth-order valence-corrected chi connectivity index (χ4v) is 10.4. The van der Waals surface area contributed by atoms with E-state index >= 15 is 0 Å². The Bertz CT molecular complexity index is 3170. The van der Waals surface area contributed by atoms with Crippen LogP contribution in [0.25, 0.3) is 84.9 Å². The number of nitrogens with zero attached hydrogens (tertiary/aromatic N) is 1. The maximum atomic E-state index is 2.36. The van der Waals surface area contributed by atoms with E-state index in [0.717, 1.165) is 17.1 Å². The van der Waals surface area contributed by atoms with Gasteiger partial charge in [0.1, 0.15) is 0 Å². The number of fused-ring (bicyclic) bond motifs is 5. The van der Waals surface area contributed by atoms with Gasteiger partial charge in [-0.15, -0.1) is 22.7 Å². The lowest BCUT2D eigenvalue weighted by atomic mass is 9.98.